The minimum atomic E-state index is 0.275. The Labute approximate surface area is 92.3 Å². The Bertz CT molecular complexity index is 232. The third kappa shape index (κ3) is 2.80. The molecule has 0 aromatic heterocycles. The Hall–Kier alpha value is -0.380. The third-order valence-electron chi connectivity index (χ3n) is 3.29. The average Bonchev–Trinajstić information content (AvgIpc) is 2.17. The molecule has 3 nitrogen and oxygen atoms in total. The van der Waals surface area contributed by atoms with Crippen LogP contribution >= 0.6 is 0 Å². The maximum absolute atomic E-state index is 5.85. The molecule has 3 heteroatoms. The van der Waals surface area contributed by atoms with Gasteiger partial charge in [0, 0.05) is 25.2 Å². The van der Waals surface area contributed by atoms with Crippen LogP contribution in [0.5, 0.6) is 0 Å². The van der Waals surface area contributed by atoms with Gasteiger partial charge in [0.15, 0.2) is 0 Å². The fourth-order valence-electron chi connectivity index (χ4n) is 2.62. The first-order valence-electron chi connectivity index (χ1n) is 5.98. The molecule has 1 fully saturated rings. The molecule has 2 rings (SSSR count). The van der Waals surface area contributed by atoms with E-state index in [1.807, 2.05) is 0 Å². The molecule has 4 atom stereocenters. The number of hydrogen-bond acceptors (Lipinski definition) is 3. The molecule has 2 N–H and O–H groups in total. The minimum absolute atomic E-state index is 0.275. The van der Waals surface area contributed by atoms with Crippen molar-refractivity contribution in [1.29, 1.82) is 0 Å². The van der Waals surface area contributed by atoms with E-state index in [-0.39, 0.29) is 6.04 Å². The summed E-state index contributed by atoms with van der Waals surface area (Å²) in [5.41, 5.74) is 5.85. The van der Waals surface area contributed by atoms with Crippen LogP contribution in [0.1, 0.15) is 26.7 Å². The molecular formula is C12H22N2O. The lowest BCUT2D eigenvalue weighted by atomic mass is 9.97. The van der Waals surface area contributed by atoms with Crippen LogP contribution in [0.3, 0.4) is 0 Å². The van der Waals surface area contributed by atoms with Crippen LogP contribution in [0.2, 0.25) is 0 Å². The molecule has 15 heavy (non-hydrogen) atoms. The third-order valence-corrected chi connectivity index (χ3v) is 3.29. The molecule has 0 bridgehead atoms. The molecular weight excluding hydrogens is 188 g/mol. The first-order chi connectivity index (χ1) is 7.15. The van der Waals surface area contributed by atoms with E-state index in [0.29, 0.717) is 18.2 Å². The van der Waals surface area contributed by atoms with E-state index >= 15 is 0 Å². The van der Waals surface area contributed by atoms with Crippen LogP contribution in [0.4, 0.5) is 0 Å². The zero-order chi connectivity index (χ0) is 10.8. The predicted octanol–water partition coefficient (Wildman–Crippen LogP) is 1.14. The first kappa shape index (κ1) is 11.1. The molecule has 0 saturated carbocycles. The second-order valence-corrected chi connectivity index (χ2v) is 4.90. The number of hydrogen-bond donors (Lipinski definition) is 1. The van der Waals surface area contributed by atoms with Gasteiger partial charge in [0.2, 0.25) is 0 Å². The van der Waals surface area contributed by atoms with Gasteiger partial charge in [-0.15, -0.1) is 0 Å². The van der Waals surface area contributed by atoms with Crippen LogP contribution in [0.15, 0.2) is 12.2 Å². The summed E-state index contributed by atoms with van der Waals surface area (Å²) in [6.45, 7) is 6.41. The van der Waals surface area contributed by atoms with Gasteiger partial charge in [-0.3, -0.25) is 4.90 Å². The van der Waals surface area contributed by atoms with Crippen LogP contribution in [0.25, 0.3) is 0 Å². The lowest BCUT2D eigenvalue weighted by molar-refractivity contribution is -0.0765. The van der Waals surface area contributed by atoms with E-state index < -0.39 is 0 Å². The monoisotopic (exact) mass is 210 g/mol. The molecule has 2 unspecified atom stereocenters. The Morgan fingerprint density at radius 2 is 1.80 bits per heavy atom. The summed E-state index contributed by atoms with van der Waals surface area (Å²) >= 11 is 0. The summed E-state index contributed by atoms with van der Waals surface area (Å²) in [5, 5.41) is 0. The smallest absolute Gasteiger partial charge is 0.0678 e. The lowest BCUT2D eigenvalue weighted by Crippen LogP contribution is -2.50. The molecule has 1 saturated heterocycles. The highest BCUT2D eigenvalue weighted by Gasteiger charge is 2.27. The Kier molecular flexibility index (Phi) is 3.44. The van der Waals surface area contributed by atoms with Crippen molar-refractivity contribution in [3.05, 3.63) is 12.2 Å². The van der Waals surface area contributed by atoms with Gasteiger partial charge in [-0.25, -0.2) is 0 Å². The molecule has 0 aromatic carbocycles. The van der Waals surface area contributed by atoms with Crippen LogP contribution in [-0.4, -0.2) is 42.3 Å². The molecule has 86 valence electrons. The van der Waals surface area contributed by atoms with Gasteiger partial charge in [0.05, 0.1) is 12.2 Å². The van der Waals surface area contributed by atoms with Crippen molar-refractivity contribution >= 4 is 0 Å². The highest BCUT2D eigenvalue weighted by atomic mass is 16.5. The van der Waals surface area contributed by atoms with Crippen molar-refractivity contribution in [2.45, 2.75) is 51.0 Å². The highest BCUT2D eigenvalue weighted by Crippen LogP contribution is 2.20. The highest BCUT2D eigenvalue weighted by molar-refractivity contribution is 5.05. The Morgan fingerprint density at radius 1 is 1.13 bits per heavy atom. The van der Waals surface area contributed by atoms with Crippen LogP contribution < -0.4 is 5.73 Å². The topological polar surface area (TPSA) is 38.5 Å². The minimum Gasteiger partial charge on any atom is -0.373 e. The summed E-state index contributed by atoms with van der Waals surface area (Å²) in [5.74, 6) is 0. The summed E-state index contributed by atoms with van der Waals surface area (Å²) in [7, 11) is 0. The molecule has 0 aromatic rings. The molecule has 0 radical (unpaired) electrons. The molecule has 0 spiro atoms. The maximum Gasteiger partial charge on any atom is 0.0678 e. The summed E-state index contributed by atoms with van der Waals surface area (Å²) in [6, 6.07) is 0.857. The van der Waals surface area contributed by atoms with Gasteiger partial charge in [-0.1, -0.05) is 12.2 Å². The van der Waals surface area contributed by atoms with Crippen molar-refractivity contribution in [2.24, 2.45) is 5.73 Å². The van der Waals surface area contributed by atoms with Crippen molar-refractivity contribution < 1.29 is 4.74 Å². The quantitative estimate of drug-likeness (QED) is 0.660. The second kappa shape index (κ2) is 4.64. The normalized spacial score (nSPS) is 43.1. The number of nitrogens with two attached hydrogens (primary N) is 1. The van der Waals surface area contributed by atoms with E-state index in [2.05, 4.69) is 30.9 Å². The molecule has 2 aliphatic rings. The van der Waals surface area contributed by atoms with Crippen molar-refractivity contribution in [2.75, 3.05) is 13.1 Å². The number of ether oxygens (including phenoxy) is 1. The first-order valence-corrected chi connectivity index (χ1v) is 5.98. The zero-order valence-electron chi connectivity index (χ0n) is 9.73. The molecule has 1 heterocycles. The predicted molar refractivity (Wildman–Crippen MR) is 61.7 cm³/mol. The Morgan fingerprint density at radius 3 is 2.33 bits per heavy atom. The van der Waals surface area contributed by atoms with E-state index in [1.54, 1.807) is 0 Å². The molecule has 1 aliphatic carbocycles. The Balaban J connectivity index is 1.95. The number of morpholine rings is 1. The van der Waals surface area contributed by atoms with E-state index in [4.69, 9.17) is 10.5 Å². The SMILES string of the molecule is C[C@@H]1CN(C2C=CC(N)CC2)C[C@H](C)O1. The van der Waals surface area contributed by atoms with Crippen molar-refractivity contribution in [3.63, 3.8) is 0 Å². The standard InChI is InChI=1S/C12H22N2O/c1-9-7-14(8-10(2)15-9)12-5-3-11(13)4-6-12/h3,5,9-12H,4,6-8,13H2,1-2H3/t9-,10+,11?,12?. The van der Waals surface area contributed by atoms with Gasteiger partial charge in [-0.05, 0) is 26.7 Å². The average molecular weight is 210 g/mol. The van der Waals surface area contributed by atoms with Gasteiger partial charge in [0.1, 0.15) is 0 Å². The summed E-state index contributed by atoms with van der Waals surface area (Å²) in [4.78, 5) is 2.53. The fourth-order valence-corrected chi connectivity index (χ4v) is 2.62. The van der Waals surface area contributed by atoms with E-state index in [0.717, 1.165) is 19.5 Å². The largest absolute Gasteiger partial charge is 0.373 e. The maximum atomic E-state index is 5.85. The molecule has 0 amide bonds. The molecule has 1 aliphatic heterocycles. The zero-order valence-corrected chi connectivity index (χ0v) is 9.73. The second-order valence-electron chi connectivity index (χ2n) is 4.90. The number of nitrogens with zero attached hydrogens (tertiary/aromatic N) is 1. The van der Waals surface area contributed by atoms with E-state index in [9.17, 15) is 0 Å². The lowest BCUT2D eigenvalue weighted by Gasteiger charge is -2.40. The van der Waals surface area contributed by atoms with Gasteiger partial charge >= 0.3 is 0 Å². The summed E-state index contributed by atoms with van der Waals surface area (Å²) < 4.78 is 5.74. The van der Waals surface area contributed by atoms with Crippen LogP contribution in [0, 0.1) is 0 Å². The van der Waals surface area contributed by atoms with Gasteiger partial charge < -0.3 is 10.5 Å². The van der Waals surface area contributed by atoms with Crippen LogP contribution in [-0.2, 0) is 4.74 Å². The van der Waals surface area contributed by atoms with Gasteiger partial charge in [-0.2, -0.15) is 0 Å². The van der Waals surface area contributed by atoms with Crippen molar-refractivity contribution in [3.8, 4) is 0 Å². The number of rotatable bonds is 1. The van der Waals surface area contributed by atoms with Gasteiger partial charge in [0.25, 0.3) is 0 Å². The van der Waals surface area contributed by atoms with Crippen molar-refractivity contribution in [1.82, 2.24) is 4.90 Å². The fraction of sp³-hybridized carbons (Fsp3) is 0.833. The van der Waals surface area contributed by atoms with E-state index in [1.165, 1.54) is 6.42 Å². The summed E-state index contributed by atoms with van der Waals surface area (Å²) in [6.07, 6.45) is 7.45.